The van der Waals surface area contributed by atoms with E-state index in [-0.39, 0.29) is 39.5 Å². The second-order valence-corrected chi connectivity index (χ2v) is 16.1. The molecule has 0 rings (SSSR count). The summed E-state index contributed by atoms with van der Waals surface area (Å²) in [6.07, 6.45) is -6.47. The van der Waals surface area contributed by atoms with E-state index in [1.54, 1.807) is 13.8 Å². The van der Waals surface area contributed by atoms with Crippen molar-refractivity contribution in [3.8, 4) is 0 Å². The van der Waals surface area contributed by atoms with Crippen LogP contribution in [-0.4, -0.2) is 64.5 Å². The Morgan fingerprint density at radius 1 is 0.613 bits per heavy atom. The van der Waals surface area contributed by atoms with Crippen LogP contribution in [0.2, 0.25) is 0 Å². The van der Waals surface area contributed by atoms with Crippen molar-refractivity contribution in [3.05, 3.63) is 0 Å². The van der Waals surface area contributed by atoms with Crippen LogP contribution in [0, 0.1) is 0 Å². The zero-order chi connectivity index (χ0) is 24.7. The van der Waals surface area contributed by atoms with Gasteiger partial charge in [0.05, 0.1) is 0 Å². The zero-order valence-electron chi connectivity index (χ0n) is 17.9. The average Bonchev–Trinajstić information content (AvgIpc) is 2.65. The third-order valence-electron chi connectivity index (χ3n) is 4.77. The molecular formula is C18H30F10O2Sn. The van der Waals surface area contributed by atoms with Gasteiger partial charge in [0.1, 0.15) is 0 Å². The van der Waals surface area contributed by atoms with Crippen molar-refractivity contribution in [2.45, 2.75) is 98.3 Å². The Kier molecular flexibility index (Phi) is 11.9. The fourth-order valence-electron chi connectivity index (χ4n) is 2.68. The number of rotatable bonds is 16. The summed E-state index contributed by atoms with van der Waals surface area (Å²) in [6.45, 7) is 1.20. The van der Waals surface area contributed by atoms with Crippen LogP contribution in [0.15, 0.2) is 0 Å². The maximum atomic E-state index is 15.0. The van der Waals surface area contributed by atoms with Crippen molar-refractivity contribution in [1.82, 2.24) is 0 Å². The van der Waals surface area contributed by atoms with E-state index in [0.717, 1.165) is 0 Å². The zero-order valence-corrected chi connectivity index (χ0v) is 20.8. The molecule has 0 aliphatic rings. The van der Waals surface area contributed by atoms with Gasteiger partial charge in [0.25, 0.3) is 0 Å². The van der Waals surface area contributed by atoms with Gasteiger partial charge in [-0.2, -0.15) is 0 Å². The second kappa shape index (κ2) is 11.9. The molecule has 2 atom stereocenters. The summed E-state index contributed by atoms with van der Waals surface area (Å²) in [4.78, 5) is 0. The summed E-state index contributed by atoms with van der Waals surface area (Å²) in [7, 11) is 0. The molecule has 0 radical (unpaired) electrons. The van der Waals surface area contributed by atoms with Gasteiger partial charge in [0, 0.05) is 0 Å². The quantitative estimate of drug-likeness (QED) is 0.108. The molecule has 0 heterocycles. The Morgan fingerprint density at radius 2 is 0.903 bits per heavy atom. The molecule has 2 unspecified atom stereocenters. The van der Waals surface area contributed by atoms with Gasteiger partial charge in [-0.25, -0.2) is 0 Å². The van der Waals surface area contributed by atoms with Crippen LogP contribution >= 0.6 is 0 Å². The number of unbranched alkanes of at least 4 members (excludes halogenated alkanes) is 4. The normalized spacial score (nSPS) is 16.5. The van der Waals surface area contributed by atoms with Gasteiger partial charge in [-0.3, -0.25) is 0 Å². The third kappa shape index (κ3) is 6.13. The summed E-state index contributed by atoms with van der Waals surface area (Å²) in [5.41, 5.74) is 0. The summed E-state index contributed by atoms with van der Waals surface area (Å²) in [6, 6.07) is 0. The van der Waals surface area contributed by atoms with Crippen molar-refractivity contribution >= 4 is 19.2 Å². The van der Waals surface area contributed by atoms with E-state index in [1.165, 1.54) is 0 Å². The first-order chi connectivity index (χ1) is 14.0. The molecule has 0 fully saturated rings. The van der Waals surface area contributed by atoms with Crippen molar-refractivity contribution in [3.63, 3.8) is 0 Å². The number of alkyl halides is 10. The van der Waals surface area contributed by atoms with Crippen molar-refractivity contribution in [2.75, 3.05) is 13.2 Å². The van der Waals surface area contributed by atoms with Crippen LogP contribution in [0.3, 0.4) is 0 Å². The minimum absolute atomic E-state index is 0.0211. The SMILES string of the molecule is CCCCC[O][Sn]([O]CCCCC)([C](F)(F)C(F)(F)C(C)F)[C](F)(F)C(F)(F)C(C)F. The van der Waals surface area contributed by atoms with Crippen molar-refractivity contribution in [1.29, 1.82) is 0 Å². The standard InChI is InChI=1S/2C5H11O.2C4H4F5.Sn/c2*1-2-3-4-5-6;2*1-2(5)4(8,9)3(6)7;/h2*2-5H2,1H3;2*2H,1H3;/q2*-1;;;+2. The molecule has 0 aromatic rings. The van der Waals surface area contributed by atoms with Gasteiger partial charge in [-0.1, -0.05) is 0 Å². The van der Waals surface area contributed by atoms with Crippen LogP contribution in [0.4, 0.5) is 43.9 Å². The fraction of sp³-hybridized carbons (Fsp3) is 1.00. The summed E-state index contributed by atoms with van der Waals surface area (Å²) >= 11 is -8.45. The van der Waals surface area contributed by atoms with E-state index in [0.29, 0.717) is 12.8 Å². The topological polar surface area (TPSA) is 18.5 Å². The molecule has 0 bridgehead atoms. The van der Waals surface area contributed by atoms with Crippen molar-refractivity contribution in [2.24, 2.45) is 0 Å². The molecule has 0 amide bonds. The van der Waals surface area contributed by atoms with E-state index in [9.17, 15) is 43.9 Å². The van der Waals surface area contributed by atoms with E-state index < -0.39 is 64.5 Å². The summed E-state index contributed by atoms with van der Waals surface area (Å²) in [5.74, 6) is -11.6. The Bertz CT molecular complexity index is 483. The van der Waals surface area contributed by atoms with Crippen molar-refractivity contribution < 1.29 is 50.1 Å². The molecule has 0 N–H and O–H groups in total. The molecule has 0 aromatic heterocycles. The maximum absolute atomic E-state index is 15.0. The molecule has 0 saturated heterocycles. The molecule has 0 aliphatic heterocycles. The summed E-state index contributed by atoms with van der Waals surface area (Å²) < 4.78 is 140. The third-order valence-corrected chi connectivity index (χ3v) is 14.9. The van der Waals surface area contributed by atoms with E-state index >= 15 is 0 Å². The van der Waals surface area contributed by atoms with E-state index in [1.807, 2.05) is 0 Å². The Hall–Kier alpha value is 0.0187. The van der Waals surface area contributed by atoms with Crippen LogP contribution in [0.5, 0.6) is 0 Å². The van der Waals surface area contributed by atoms with Gasteiger partial charge >= 0.3 is 181 Å². The molecule has 188 valence electrons. The van der Waals surface area contributed by atoms with E-state index in [4.69, 9.17) is 0 Å². The van der Waals surface area contributed by atoms with E-state index in [2.05, 4.69) is 6.15 Å². The Balaban J connectivity index is 6.75. The average molecular weight is 587 g/mol. The molecule has 13 heteroatoms. The summed E-state index contributed by atoms with van der Waals surface area (Å²) in [5, 5.41) is 0. The Morgan fingerprint density at radius 3 is 1.13 bits per heavy atom. The van der Waals surface area contributed by atoms with Crippen LogP contribution in [-0.2, 0) is 6.15 Å². The predicted octanol–water partition coefficient (Wildman–Crippen LogP) is 7.18. The van der Waals surface area contributed by atoms with Gasteiger partial charge in [0.2, 0.25) is 0 Å². The van der Waals surface area contributed by atoms with Gasteiger partial charge < -0.3 is 0 Å². The molecule has 0 saturated carbocycles. The number of hydrogen-bond acceptors (Lipinski definition) is 2. The molecule has 31 heavy (non-hydrogen) atoms. The Labute approximate surface area is 181 Å². The number of hydrogen-bond donors (Lipinski definition) is 0. The molecule has 0 spiro atoms. The van der Waals surface area contributed by atoms with Crippen LogP contribution in [0.1, 0.15) is 66.2 Å². The molecular weight excluding hydrogens is 557 g/mol. The first-order valence-corrected chi connectivity index (χ1v) is 15.3. The first kappa shape index (κ1) is 31.0. The monoisotopic (exact) mass is 588 g/mol. The minimum atomic E-state index is -8.45. The van der Waals surface area contributed by atoms with Crippen LogP contribution < -0.4 is 0 Å². The molecule has 2 nitrogen and oxygen atoms in total. The second-order valence-electron chi connectivity index (χ2n) is 7.35. The predicted molar refractivity (Wildman–Crippen MR) is 97.6 cm³/mol. The van der Waals surface area contributed by atoms with Gasteiger partial charge in [-0.05, 0) is 0 Å². The number of halogens is 10. The van der Waals surface area contributed by atoms with Crippen LogP contribution in [0.25, 0.3) is 0 Å². The first-order valence-electron chi connectivity index (χ1n) is 10.1. The molecule has 0 aliphatic carbocycles. The van der Waals surface area contributed by atoms with Gasteiger partial charge in [-0.15, -0.1) is 0 Å². The van der Waals surface area contributed by atoms with Gasteiger partial charge in [0.15, 0.2) is 0 Å². The fourth-order valence-corrected chi connectivity index (χ4v) is 12.2. The molecule has 0 aromatic carbocycles.